The average Bonchev–Trinajstić information content (AvgIpc) is 3.25. The minimum Gasteiger partial charge on any atom is -0.349 e. The van der Waals surface area contributed by atoms with Crippen LogP contribution in [0, 0.1) is 17.1 Å². The number of nitrogens with zero attached hydrogens (tertiary/aromatic N) is 3. The number of halogens is 1. The van der Waals surface area contributed by atoms with E-state index < -0.39 is 5.82 Å². The third kappa shape index (κ3) is 4.07. The van der Waals surface area contributed by atoms with Gasteiger partial charge in [0.2, 0.25) is 0 Å². The molecular weight excluding hydrogens is 403 g/mol. The van der Waals surface area contributed by atoms with Crippen LogP contribution in [-0.2, 0) is 0 Å². The molecule has 3 aromatic rings. The lowest BCUT2D eigenvalue weighted by molar-refractivity contribution is 0.0938. The number of amides is 1. The van der Waals surface area contributed by atoms with Crippen LogP contribution in [0.3, 0.4) is 0 Å². The third-order valence-corrected chi connectivity index (χ3v) is 5.93. The molecule has 0 unspecified atom stereocenters. The Balaban J connectivity index is 1.79. The summed E-state index contributed by atoms with van der Waals surface area (Å²) in [5.74, 6) is -0.587. The SMILES string of the molecule is N#CCSc1nc2cc(C(=O)NC3CCCC3)ccc2c(=O)n1-c1cccc(F)c1. The van der Waals surface area contributed by atoms with Gasteiger partial charge in [-0.05, 0) is 49.2 Å². The quantitative estimate of drug-likeness (QED) is 0.499. The van der Waals surface area contributed by atoms with Crippen molar-refractivity contribution in [3.05, 3.63) is 64.2 Å². The van der Waals surface area contributed by atoms with Crippen molar-refractivity contribution in [2.24, 2.45) is 0 Å². The molecule has 6 nitrogen and oxygen atoms in total. The predicted octanol–water partition coefficient (Wildman–Crippen LogP) is 3.81. The summed E-state index contributed by atoms with van der Waals surface area (Å²) in [7, 11) is 0. The molecule has 152 valence electrons. The highest BCUT2D eigenvalue weighted by Gasteiger charge is 2.19. The van der Waals surface area contributed by atoms with Crippen LogP contribution < -0.4 is 10.9 Å². The Kier molecular flexibility index (Phi) is 5.81. The van der Waals surface area contributed by atoms with Crippen LogP contribution in [0.5, 0.6) is 0 Å². The molecule has 1 aromatic heterocycles. The number of hydrogen-bond donors (Lipinski definition) is 1. The van der Waals surface area contributed by atoms with E-state index in [1.807, 2.05) is 6.07 Å². The van der Waals surface area contributed by atoms with Crippen molar-refractivity contribution in [2.75, 3.05) is 5.75 Å². The minimum absolute atomic E-state index is 0.0785. The molecule has 1 saturated carbocycles. The third-order valence-electron chi connectivity index (χ3n) is 5.12. The van der Waals surface area contributed by atoms with E-state index in [4.69, 9.17) is 5.26 Å². The number of benzene rings is 2. The van der Waals surface area contributed by atoms with Crippen LogP contribution in [0.1, 0.15) is 36.0 Å². The maximum absolute atomic E-state index is 13.8. The number of aromatic nitrogens is 2. The number of thioether (sulfide) groups is 1. The smallest absolute Gasteiger partial charge is 0.266 e. The fraction of sp³-hybridized carbons (Fsp3) is 0.273. The molecule has 1 fully saturated rings. The van der Waals surface area contributed by atoms with Gasteiger partial charge < -0.3 is 5.32 Å². The van der Waals surface area contributed by atoms with E-state index in [0.29, 0.717) is 22.2 Å². The van der Waals surface area contributed by atoms with E-state index in [-0.39, 0.29) is 28.4 Å². The van der Waals surface area contributed by atoms with Gasteiger partial charge >= 0.3 is 0 Å². The molecule has 0 radical (unpaired) electrons. The molecule has 0 spiro atoms. The van der Waals surface area contributed by atoms with Crippen LogP contribution in [0.25, 0.3) is 16.6 Å². The number of nitriles is 1. The van der Waals surface area contributed by atoms with Crippen molar-refractivity contribution >= 4 is 28.6 Å². The molecule has 1 aliphatic carbocycles. The van der Waals surface area contributed by atoms with Crippen LogP contribution in [0.2, 0.25) is 0 Å². The summed E-state index contributed by atoms with van der Waals surface area (Å²) < 4.78 is 15.0. The molecule has 1 N–H and O–H groups in total. The first kappa shape index (κ1) is 20.1. The molecule has 0 saturated heterocycles. The van der Waals surface area contributed by atoms with Gasteiger partial charge in [-0.1, -0.05) is 30.7 Å². The van der Waals surface area contributed by atoms with Gasteiger partial charge in [0.25, 0.3) is 11.5 Å². The monoisotopic (exact) mass is 422 g/mol. The second kappa shape index (κ2) is 8.67. The largest absolute Gasteiger partial charge is 0.349 e. The molecule has 2 aromatic carbocycles. The van der Waals surface area contributed by atoms with Crippen LogP contribution >= 0.6 is 11.8 Å². The molecule has 30 heavy (non-hydrogen) atoms. The van der Waals surface area contributed by atoms with E-state index in [9.17, 15) is 14.0 Å². The molecule has 4 rings (SSSR count). The van der Waals surface area contributed by atoms with Crippen molar-refractivity contribution in [2.45, 2.75) is 36.9 Å². The van der Waals surface area contributed by atoms with Crippen molar-refractivity contribution in [3.8, 4) is 11.8 Å². The van der Waals surface area contributed by atoms with Gasteiger partial charge in [0, 0.05) is 11.6 Å². The highest BCUT2D eigenvalue weighted by molar-refractivity contribution is 7.99. The normalized spacial score (nSPS) is 14.0. The van der Waals surface area contributed by atoms with Gasteiger partial charge in [0.1, 0.15) is 5.82 Å². The summed E-state index contributed by atoms with van der Waals surface area (Å²) in [6, 6.07) is 12.6. The van der Waals surface area contributed by atoms with Gasteiger partial charge in [-0.15, -0.1) is 0 Å². The number of fused-ring (bicyclic) bond motifs is 1. The maximum atomic E-state index is 13.8. The Morgan fingerprint density at radius 2 is 2.07 bits per heavy atom. The number of hydrogen-bond acceptors (Lipinski definition) is 5. The summed E-state index contributed by atoms with van der Waals surface area (Å²) in [6.45, 7) is 0. The molecule has 8 heteroatoms. The highest BCUT2D eigenvalue weighted by Crippen LogP contribution is 2.23. The van der Waals surface area contributed by atoms with E-state index >= 15 is 0 Å². The van der Waals surface area contributed by atoms with Gasteiger partial charge in [-0.3, -0.25) is 14.2 Å². The zero-order valence-electron chi connectivity index (χ0n) is 16.1. The summed E-state index contributed by atoms with van der Waals surface area (Å²) in [5, 5.41) is 12.6. The van der Waals surface area contributed by atoms with Gasteiger partial charge in [-0.25, -0.2) is 9.37 Å². The van der Waals surface area contributed by atoms with E-state index in [2.05, 4.69) is 10.3 Å². The van der Waals surface area contributed by atoms with Crippen molar-refractivity contribution < 1.29 is 9.18 Å². The zero-order valence-corrected chi connectivity index (χ0v) is 16.9. The lowest BCUT2D eigenvalue weighted by atomic mass is 10.1. The summed E-state index contributed by atoms with van der Waals surface area (Å²) in [6.07, 6.45) is 4.18. The lowest BCUT2D eigenvalue weighted by Crippen LogP contribution is -2.32. The fourth-order valence-corrected chi connectivity index (χ4v) is 4.36. The maximum Gasteiger partial charge on any atom is 0.266 e. The standard InChI is InChI=1S/C22H19FN4O2S/c23-15-4-3-7-17(13-15)27-21(29)18-9-8-14(20(28)25-16-5-1-2-6-16)12-19(18)26-22(27)30-11-10-24/h3-4,7-9,12-13,16H,1-2,5-6,11H2,(H,25,28). The summed E-state index contributed by atoms with van der Waals surface area (Å²) in [5.41, 5.74) is 0.750. The van der Waals surface area contributed by atoms with Crippen LogP contribution in [0.4, 0.5) is 4.39 Å². The number of nitrogens with one attached hydrogen (secondary N) is 1. The van der Waals surface area contributed by atoms with Gasteiger partial charge in [0.15, 0.2) is 5.16 Å². The average molecular weight is 422 g/mol. The number of carbonyl (C=O) groups excluding carboxylic acids is 1. The van der Waals surface area contributed by atoms with Crippen molar-refractivity contribution in [1.29, 1.82) is 5.26 Å². The Morgan fingerprint density at radius 1 is 1.27 bits per heavy atom. The second-order valence-corrected chi connectivity index (χ2v) is 8.09. The minimum atomic E-state index is -0.477. The first-order chi connectivity index (χ1) is 14.6. The number of carbonyl (C=O) groups is 1. The van der Waals surface area contributed by atoms with E-state index in [1.165, 1.54) is 22.8 Å². The Bertz CT molecular complexity index is 1210. The topological polar surface area (TPSA) is 87.8 Å². The van der Waals surface area contributed by atoms with Crippen molar-refractivity contribution in [3.63, 3.8) is 0 Å². The Labute approximate surface area is 176 Å². The fourth-order valence-electron chi connectivity index (χ4n) is 3.68. The van der Waals surface area contributed by atoms with E-state index in [0.717, 1.165) is 37.4 Å². The Hall–Kier alpha value is -3.18. The van der Waals surface area contributed by atoms with Gasteiger partial charge in [0.05, 0.1) is 28.4 Å². The lowest BCUT2D eigenvalue weighted by Gasteiger charge is -2.14. The van der Waals surface area contributed by atoms with Crippen LogP contribution in [0.15, 0.2) is 52.4 Å². The molecule has 0 aliphatic heterocycles. The zero-order chi connectivity index (χ0) is 21.1. The Morgan fingerprint density at radius 3 is 2.80 bits per heavy atom. The van der Waals surface area contributed by atoms with E-state index in [1.54, 1.807) is 24.3 Å². The first-order valence-electron chi connectivity index (χ1n) is 9.70. The molecule has 0 atom stereocenters. The number of rotatable bonds is 5. The van der Waals surface area contributed by atoms with Crippen molar-refractivity contribution in [1.82, 2.24) is 14.9 Å². The predicted molar refractivity (Wildman–Crippen MR) is 113 cm³/mol. The molecule has 1 heterocycles. The molecule has 1 aliphatic rings. The molecular formula is C22H19FN4O2S. The van der Waals surface area contributed by atoms with Crippen LogP contribution in [-0.4, -0.2) is 27.3 Å². The van der Waals surface area contributed by atoms with Gasteiger partial charge in [-0.2, -0.15) is 5.26 Å². The highest BCUT2D eigenvalue weighted by atomic mass is 32.2. The first-order valence-corrected chi connectivity index (χ1v) is 10.7. The second-order valence-electron chi connectivity index (χ2n) is 7.15. The molecule has 1 amide bonds. The summed E-state index contributed by atoms with van der Waals surface area (Å²) >= 11 is 1.08. The molecule has 0 bridgehead atoms. The summed E-state index contributed by atoms with van der Waals surface area (Å²) in [4.78, 5) is 30.3.